The molecule has 0 aliphatic carbocycles. The maximum absolute atomic E-state index is 6.13. The molecule has 0 radical (unpaired) electrons. The molecular formula is C13H8ClNS2. The van der Waals surface area contributed by atoms with E-state index >= 15 is 0 Å². The molecule has 1 nitrogen and oxygen atoms in total. The highest BCUT2D eigenvalue weighted by Crippen LogP contribution is 2.37. The van der Waals surface area contributed by atoms with Gasteiger partial charge in [-0.1, -0.05) is 47.6 Å². The van der Waals surface area contributed by atoms with E-state index in [0.717, 1.165) is 19.8 Å². The number of nitrogens with zero attached hydrogens (tertiary/aromatic N) is 1. The SMILES string of the molecule is Clc1ccccc1Sc1nc2ccccc2s1. The molecule has 84 valence electrons. The first-order valence-corrected chi connectivity index (χ1v) is 7.12. The first-order chi connectivity index (χ1) is 8.33. The third-order valence-electron chi connectivity index (χ3n) is 2.31. The Bertz CT molecular complexity index is 630. The summed E-state index contributed by atoms with van der Waals surface area (Å²) in [6.45, 7) is 0. The summed E-state index contributed by atoms with van der Waals surface area (Å²) in [5, 5.41) is 0.775. The van der Waals surface area contributed by atoms with Crippen LogP contribution in [0.15, 0.2) is 57.8 Å². The van der Waals surface area contributed by atoms with Crippen LogP contribution >= 0.6 is 34.7 Å². The topological polar surface area (TPSA) is 12.9 Å². The largest absolute Gasteiger partial charge is 0.229 e. The summed E-state index contributed by atoms with van der Waals surface area (Å²) in [7, 11) is 0. The smallest absolute Gasteiger partial charge is 0.155 e. The van der Waals surface area contributed by atoms with E-state index in [0.29, 0.717) is 0 Å². The second-order valence-corrected chi connectivity index (χ2v) is 6.21. The van der Waals surface area contributed by atoms with Gasteiger partial charge >= 0.3 is 0 Å². The number of benzene rings is 2. The monoisotopic (exact) mass is 277 g/mol. The Morgan fingerprint density at radius 3 is 2.59 bits per heavy atom. The van der Waals surface area contributed by atoms with Crippen molar-refractivity contribution in [3.8, 4) is 0 Å². The van der Waals surface area contributed by atoms with Gasteiger partial charge in [0, 0.05) is 4.90 Å². The lowest BCUT2D eigenvalue weighted by Gasteiger charge is -1.99. The van der Waals surface area contributed by atoms with Gasteiger partial charge in [-0.3, -0.25) is 0 Å². The van der Waals surface area contributed by atoms with Crippen LogP contribution < -0.4 is 0 Å². The maximum atomic E-state index is 6.13. The van der Waals surface area contributed by atoms with E-state index in [4.69, 9.17) is 11.6 Å². The molecule has 0 spiro atoms. The van der Waals surface area contributed by atoms with Crippen LogP contribution in [0.4, 0.5) is 0 Å². The normalized spacial score (nSPS) is 10.9. The first-order valence-electron chi connectivity index (χ1n) is 5.11. The number of para-hydroxylation sites is 1. The Hall–Kier alpha value is -1.03. The van der Waals surface area contributed by atoms with Crippen LogP contribution in [0.5, 0.6) is 0 Å². The summed E-state index contributed by atoms with van der Waals surface area (Å²) < 4.78 is 2.24. The van der Waals surface area contributed by atoms with Crippen LogP contribution in [-0.2, 0) is 0 Å². The maximum Gasteiger partial charge on any atom is 0.155 e. The molecule has 17 heavy (non-hydrogen) atoms. The molecule has 4 heteroatoms. The summed E-state index contributed by atoms with van der Waals surface area (Å²) in [4.78, 5) is 5.62. The molecule has 3 rings (SSSR count). The number of aromatic nitrogens is 1. The van der Waals surface area contributed by atoms with Crippen molar-refractivity contribution in [2.75, 3.05) is 0 Å². The molecular weight excluding hydrogens is 270 g/mol. The van der Waals surface area contributed by atoms with E-state index in [1.54, 1.807) is 23.1 Å². The van der Waals surface area contributed by atoms with E-state index in [1.807, 2.05) is 42.5 Å². The molecule has 0 fully saturated rings. The number of halogens is 1. The average Bonchev–Trinajstić information content (AvgIpc) is 2.74. The molecule has 0 amide bonds. The predicted octanol–water partition coefficient (Wildman–Crippen LogP) is 5.10. The van der Waals surface area contributed by atoms with Crippen molar-refractivity contribution in [2.45, 2.75) is 9.24 Å². The van der Waals surface area contributed by atoms with Gasteiger partial charge in [-0.15, -0.1) is 11.3 Å². The Morgan fingerprint density at radius 2 is 1.76 bits per heavy atom. The third-order valence-corrected chi connectivity index (χ3v) is 4.92. The Balaban J connectivity index is 1.98. The second-order valence-electron chi connectivity index (χ2n) is 3.48. The standard InChI is InChI=1S/C13H8ClNS2/c14-9-5-1-3-7-11(9)16-13-15-10-6-2-4-8-12(10)17-13/h1-8H. The van der Waals surface area contributed by atoms with Crippen LogP contribution in [-0.4, -0.2) is 4.98 Å². The van der Waals surface area contributed by atoms with Gasteiger partial charge in [0.05, 0.1) is 15.2 Å². The summed E-state index contributed by atoms with van der Waals surface area (Å²) in [6.07, 6.45) is 0. The number of rotatable bonds is 2. The fourth-order valence-corrected chi connectivity index (χ4v) is 3.81. The molecule has 3 aromatic rings. The fourth-order valence-electron chi connectivity index (χ4n) is 1.52. The van der Waals surface area contributed by atoms with Crippen molar-refractivity contribution in [1.82, 2.24) is 4.98 Å². The van der Waals surface area contributed by atoms with Gasteiger partial charge in [-0.05, 0) is 24.3 Å². The highest BCUT2D eigenvalue weighted by atomic mass is 35.5. The van der Waals surface area contributed by atoms with Crippen LogP contribution in [0.3, 0.4) is 0 Å². The van der Waals surface area contributed by atoms with Crippen LogP contribution in [0.1, 0.15) is 0 Å². The van der Waals surface area contributed by atoms with Gasteiger partial charge in [0.2, 0.25) is 0 Å². The number of hydrogen-bond acceptors (Lipinski definition) is 3. The zero-order valence-corrected chi connectivity index (χ0v) is 11.1. The van der Waals surface area contributed by atoms with Crippen molar-refractivity contribution >= 4 is 44.9 Å². The predicted molar refractivity (Wildman–Crippen MR) is 75.2 cm³/mol. The molecule has 1 heterocycles. The van der Waals surface area contributed by atoms with Gasteiger partial charge in [0.25, 0.3) is 0 Å². The zero-order valence-electron chi connectivity index (χ0n) is 8.76. The van der Waals surface area contributed by atoms with Gasteiger partial charge in [-0.25, -0.2) is 4.98 Å². The molecule has 0 unspecified atom stereocenters. The average molecular weight is 278 g/mol. The van der Waals surface area contributed by atoms with Crippen molar-refractivity contribution < 1.29 is 0 Å². The van der Waals surface area contributed by atoms with Crippen LogP contribution in [0.25, 0.3) is 10.2 Å². The molecule has 0 aliphatic heterocycles. The Labute approximate surface area is 112 Å². The Kier molecular flexibility index (Phi) is 3.05. The minimum absolute atomic E-state index is 0.775. The van der Waals surface area contributed by atoms with Crippen molar-refractivity contribution in [3.05, 3.63) is 53.6 Å². The van der Waals surface area contributed by atoms with Gasteiger partial charge in [0.15, 0.2) is 4.34 Å². The molecule has 0 N–H and O–H groups in total. The first kappa shape index (κ1) is 11.1. The molecule has 0 saturated heterocycles. The fraction of sp³-hybridized carbons (Fsp3) is 0. The zero-order chi connectivity index (χ0) is 11.7. The molecule has 0 saturated carbocycles. The lowest BCUT2D eigenvalue weighted by atomic mass is 10.3. The van der Waals surface area contributed by atoms with Gasteiger partial charge < -0.3 is 0 Å². The molecule has 2 aromatic carbocycles. The van der Waals surface area contributed by atoms with E-state index in [-0.39, 0.29) is 0 Å². The molecule has 0 bridgehead atoms. The summed E-state index contributed by atoms with van der Waals surface area (Å²) in [5.74, 6) is 0. The number of fused-ring (bicyclic) bond motifs is 1. The second kappa shape index (κ2) is 4.69. The molecule has 0 aliphatic rings. The lowest BCUT2D eigenvalue weighted by Crippen LogP contribution is -1.73. The number of hydrogen-bond donors (Lipinski definition) is 0. The summed E-state index contributed by atoms with van der Waals surface area (Å²) in [6, 6.07) is 16.0. The number of thiazole rings is 1. The van der Waals surface area contributed by atoms with Crippen LogP contribution in [0.2, 0.25) is 5.02 Å². The van der Waals surface area contributed by atoms with E-state index < -0.39 is 0 Å². The van der Waals surface area contributed by atoms with Crippen molar-refractivity contribution in [1.29, 1.82) is 0 Å². The third kappa shape index (κ3) is 2.32. The van der Waals surface area contributed by atoms with E-state index in [2.05, 4.69) is 11.1 Å². The minimum Gasteiger partial charge on any atom is -0.229 e. The Morgan fingerprint density at radius 1 is 1.00 bits per heavy atom. The lowest BCUT2D eigenvalue weighted by molar-refractivity contribution is 1.29. The highest BCUT2D eigenvalue weighted by molar-refractivity contribution is 8.01. The highest BCUT2D eigenvalue weighted by Gasteiger charge is 2.07. The summed E-state index contributed by atoms with van der Waals surface area (Å²) in [5.41, 5.74) is 1.05. The van der Waals surface area contributed by atoms with Crippen molar-refractivity contribution in [2.24, 2.45) is 0 Å². The summed E-state index contributed by atoms with van der Waals surface area (Å²) >= 11 is 9.44. The molecule has 1 aromatic heterocycles. The van der Waals surface area contributed by atoms with Gasteiger partial charge in [-0.2, -0.15) is 0 Å². The van der Waals surface area contributed by atoms with E-state index in [9.17, 15) is 0 Å². The van der Waals surface area contributed by atoms with Gasteiger partial charge in [0.1, 0.15) is 0 Å². The minimum atomic E-state index is 0.775. The van der Waals surface area contributed by atoms with Crippen molar-refractivity contribution in [3.63, 3.8) is 0 Å². The van der Waals surface area contributed by atoms with Crippen LogP contribution in [0, 0.1) is 0 Å². The molecule has 0 atom stereocenters. The quantitative estimate of drug-likeness (QED) is 0.646. The van der Waals surface area contributed by atoms with E-state index in [1.165, 1.54) is 4.70 Å².